The Hall–Kier alpha value is 0.1000. The quantitative estimate of drug-likeness (QED) is 0.703. The predicted octanol–water partition coefficient (Wildman–Crippen LogP) is 2.47. The van der Waals surface area contributed by atoms with Crippen molar-refractivity contribution in [1.29, 1.82) is 0 Å². The molecule has 1 atom stereocenters. The Morgan fingerprint density at radius 3 is 2.71 bits per heavy atom. The Labute approximate surface area is 92.3 Å². The summed E-state index contributed by atoms with van der Waals surface area (Å²) in [6, 6.07) is 0. The van der Waals surface area contributed by atoms with Crippen LogP contribution in [0.3, 0.4) is 0 Å². The van der Waals surface area contributed by atoms with Crippen molar-refractivity contribution < 1.29 is 13.9 Å². The van der Waals surface area contributed by atoms with Gasteiger partial charge >= 0.3 is 5.97 Å². The molecular weight excluding hydrogens is 223 g/mol. The van der Waals surface area contributed by atoms with E-state index in [0.29, 0.717) is 11.0 Å². The van der Waals surface area contributed by atoms with Crippen LogP contribution in [0.4, 0.5) is 4.39 Å². The summed E-state index contributed by atoms with van der Waals surface area (Å²) < 4.78 is 17.7. The molecule has 0 N–H and O–H groups in total. The zero-order chi connectivity index (χ0) is 10.4. The summed E-state index contributed by atoms with van der Waals surface area (Å²) in [6.45, 7) is 0.751. The van der Waals surface area contributed by atoms with Gasteiger partial charge in [-0.1, -0.05) is 0 Å². The molecule has 5 heteroatoms. The van der Waals surface area contributed by atoms with Crippen LogP contribution in [0.25, 0.3) is 0 Å². The smallest absolute Gasteiger partial charge is 0.302 e. The van der Waals surface area contributed by atoms with Gasteiger partial charge in [-0.3, -0.25) is 4.79 Å². The van der Waals surface area contributed by atoms with Gasteiger partial charge in [0.25, 0.3) is 0 Å². The Balaban J connectivity index is 2.27. The Bertz CT molecular complexity index is 184. The summed E-state index contributed by atoms with van der Waals surface area (Å²) in [5.41, 5.74) is 0. The fourth-order valence-corrected chi connectivity index (χ4v) is 4.26. The molecule has 1 rings (SSSR count). The van der Waals surface area contributed by atoms with Gasteiger partial charge in [0.05, 0.1) is 4.58 Å². The Morgan fingerprint density at radius 1 is 1.57 bits per heavy atom. The number of hydrogen-bond acceptors (Lipinski definition) is 4. The third-order valence-corrected chi connectivity index (χ3v) is 4.85. The maximum Gasteiger partial charge on any atom is 0.302 e. The van der Waals surface area contributed by atoms with Crippen molar-refractivity contribution in [2.24, 2.45) is 0 Å². The van der Waals surface area contributed by atoms with Crippen LogP contribution in [0.1, 0.15) is 19.8 Å². The van der Waals surface area contributed by atoms with E-state index in [2.05, 4.69) is 0 Å². The summed E-state index contributed by atoms with van der Waals surface area (Å²) >= 11 is 3.68. The molecule has 0 spiro atoms. The molecule has 1 heterocycles. The summed E-state index contributed by atoms with van der Waals surface area (Å²) in [5, 5.41) is 0. The van der Waals surface area contributed by atoms with Crippen LogP contribution in [-0.2, 0) is 9.53 Å². The number of alkyl halides is 1. The van der Waals surface area contributed by atoms with E-state index in [1.54, 1.807) is 0 Å². The normalized spacial score (nSPS) is 20.4. The molecule has 1 unspecified atom stereocenters. The lowest BCUT2D eigenvalue weighted by Crippen LogP contribution is -2.23. The first-order valence-electron chi connectivity index (χ1n) is 4.68. The first-order valence-corrected chi connectivity index (χ1v) is 6.78. The average Bonchev–Trinajstić information content (AvgIpc) is 2.17. The number of ether oxygens (including phenoxy) is 1. The van der Waals surface area contributed by atoms with Crippen molar-refractivity contribution in [3.8, 4) is 0 Å². The minimum atomic E-state index is -0.572. The van der Waals surface area contributed by atoms with Crippen molar-refractivity contribution in [2.75, 3.05) is 18.2 Å². The number of halogens is 1. The molecule has 0 amide bonds. The molecule has 1 saturated heterocycles. The second-order valence-corrected chi connectivity index (χ2v) is 6.07. The van der Waals surface area contributed by atoms with Crippen LogP contribution >= 0.6 is 23.5 Å². The van der Waals surface area contributed by atoms with E-state index in [9.17, 15) is 9.18 Å². The topological polar surface area (TPSA) is 26.3 Å². The monoisotopic (exact) mass is 238 g/mol. The first kappa shape index (κ1) is 12.2. The Kier molecular flexibility index (Phi) is 5.70. The Morgan fingerprint density at radius 2 is 2.21 bits per heavy atom. The highest BCUT2D eigenvalue weighted by Crippen LogP contribution is 2.34. The SMILES string of the molecule is CC(=O)OC(CF)CC1SCCCS1. The number of rotatable bonds is 4. The molecule has 0 radical (unpaired) electrons. The molecule has 82 valence electrons. The number of hydrogen-bond donors (Lipinski definition) is 0. The largest absolute Gasteiger partial charge is 0.460 e. The molecule has 0 saturated carbocycles. The minimum Gasteiger partial charge on any atom is -0.460 e. The number of thioether (sulfide) groups is 2. The summed E-state index contributed by atoms with van der Waals surface area (Å²) in [4.78, 5) is 10.7. The molecule has 1 aliphatic rings. The standard InChI is InChI=1S/C9H15FO2S2/c1-7(11)12-8(6-10)5-9-13-3-2-4-14-9/h8-9H,2-6H2,1H3. The third kappa shape index (κ3) is 4.55. The van der Waals surface area contributed by atoms with E-state index in [1.165, 1.54) is 13.3 Å². The van der Waals surface area contributed by atoms with Gasteiger partial charge in [-0.05, 0) is 17.9 Å². The van der Waals surface area contributed by atoms with Crippen molar-refractivity contribution >= 4 is 29.5 Å². The molecule has 1 fully saturated rings. The van der Waals surface area contributed by atoms with E-state index in [0.717, 1.165) is 11.5 Å². The number of carbonyl (C=O) groups is 1. The summed E-state index contributed by atoms with van der Waals surface area (Å²) in [5.74, 6) is 1.88. The second-order valence-electron chi connectivity index (χ2n) is 3.15. The maximum atomic E-state index is 12.5. The highest BCUT2D eigenvalue weighted by Gasteiger charge is 2.21. The molecule has 2 nitrogen and oxygen atoms in total. The van der Waals surface area contributed by atoms with Crippen molar-refractivity contribution in [3.63, 3.8) is 0 Å². The highest BCUT2D eigenvalue weighted by molar-refractivity contribution is 8.17. The zero-order valence-corrected chi connectivity index (χ0v) is 9.83. The predicted molar refractivity (Wildman–Crippen MR) is 59.5 cm³/mol. The van der Waals surface area contributed by atoms with Crippen LogP contribution in [0.2, 0.25) is 0 Å². The first-order chi connectivity index (χ1) is 6.72. The van der Waals surface area contributed by atoms with Gasteiger partial charge in [-0.25, -0.2) is 4.39 Å². The van der Waals surface area contributed by atoms with Gasteiger partial charge in [0.15, 0.2) is 0 Å². The lowest BCUT2D eigenvalue weighted by Gasteiger charge is -2.24. The molecule has 0 aromatic heterocycles. The minimum absolute atomic E-state index is 0.390. The molecule has 1 aliphatic heterocycles. The van der Waals surface area contributed by atoms with Gasteiger partial charge in [0.2, 0.25) is 0 Å². The van der Waals surface area contributed by atoms with Gasteiger partial charge in [0.1, 0.15) is 12.8 Å². The molecule has 0 aromatic rings. The molecular formula is C9H15FO2S2. The summed E-state index contributed by atoms with van der Waals surface area (Å²) in [7, 11) is 0. The van der Waals surface area contributed by atoms with Crippen LogP contribution in [0.15, 0.2) is 0 Å². The lowest BCUT2D eigenvalue weighted by molar-refractivity contribution is -0.147. The fraction of sp³-hybridized carbons (Fsp3) is 0.889. The van der Waals surface area contributed by atoms with E-state index in [-0.39, 0.29) is 0 Å². The van der Waals surface area contributed by atoms with Crippen molar-refractivity contribution in [2.45, 2.75) is 30.5 Å². The van der Waals surface area contributed by atoms with Crippen LogP contribution in [0, 0.1) is 0 Å². The van der Waals surface area contributed by atoms with E-state index in [4.69, 9.17) is 4.74 Å². The zero-order valence-electron chi connectivity index (χ0n) is 8.20. The van der Waals surface area contributed by atoms with E-state index >= 15 is 0 Å². The van der Waals surface area contributed by atoms with Crippen LogP contribution in [-0.4, -0.2) is 34.8 Å². The lowest BCUT2D eigenvalue weighted by atomic mass is 10.3. The molecule has 0 bridgehead atoms. The van der Waals surface area contributed by atoms with Crippen molar-refractivity contribution in [1.82, 2.24) is 0 Å². The second kappa shape index (κ2) is 6.56. The molecule has 0 aliphatic carbocycles. The van der Waals surface area contributed by atoms with Gasteiger partial charge < -0.3 is 4.74 Å². The highest BCUT2D eigenvalue weighted by atomic mass is 32.2. The van der Waals surface area contributed by atoms with Gasteiger partial charge in [-0.15, -0.1) is 23.5 Å². The van der Waals surface area contributed by atoms with Crippen LogP contribution < -0.4 is 0 Å². The van der Waals surface area contributed by atoms with E-state index < -0.39 is 18.7 Å². The fourth-order valence-electron chi connectivity index (χ4n) is 1.26. The third-order valence-electron chi connectivity index (χ3n) is 1.86. The average molecular weight is 238 g/mol. The maximum absolute atomic E-state index is 12.5. The van der Waals surface area contributed by atoms with Gasteiger partial charge in [0, 0.05) is 13.3 Å². The molecule has 14 heavy (non-hydrogen) atoms. The van der Waals surface area contributed by atoms with Crippen LogP contribution in [0.5, 0.6) is 0 Å². The van der Waals surface area contributed by atoms with E-state index in [1.807, 2.05) is 23.5 Å². The number of esters is 1. The molecule has 0 aromatic carbocycles. The summed E-state index contributed by atoms with van der Waals surface area (Å²) in [6.07, 6.45) is 1.31. The number of carbonyl (C=O) groups excluding carboxylic acids is 1. The van der Waals surface area contributed by atoms with Crippen molar-refractivity contribution in [3.05, 3.63) is 0 Å². The van der Waals surface area contributed by atoms with Gasteiger partial charge in [-0.2, -0.15) is 0 Å².